The van der Waals surface area contributed by atoms with Crippen molar-refractivity contribution < 1.29 is 22.3 Å². The van der Waals surface area contributed by atoms with E-state index >= 15 is 0 Å². The predicted octanol–water partition coefficient (Wildman–Crippen LogP) is 3.15. The van der Waals surface area contributed by atoms with Crippen LogP contribution in [0, 0.1) is 11.7 Å². The molecule has 0 radical (unpaired) electrons. The number of ether oxygens (including phenoxy) is 1. The van der Waals surface area contributed by atoms with Gasteiger partial charge in [0.05, 0.1) is 22.7 Å². The second-order valence-electron chi connectivity index (χ2n) is 6.37. The molecule has 0 spiro atoms. The Morgan fingerprint density at radius 3 is 2.52 bits per heavy atom. The van der Waals surface area contributed by atoms with E-state index in [0.717, 1.165) is 6.42 Å². The number of Topliss-reactive ketones (excluding diaryl/α,β-unsaturated/α-hetero) is 1. The minimum atomic E-state index is -3.10. The number of fused-ring (bicyclic) bond motifs is 2. The van der Waals surface area contributed by atoms with Crippen LogP contribution in [0.2, 0.25) is 0 Å². The van der Waals surface area contributed by atoms with Crippen molar-refractivity contribution in [1.29, 1.82) is 0 Å². The van der Waals surface area contributed by atoms with E-state index in [2.05, 4.69) is 0 Å². The molecule has 2 heterocycles. The number of hydrogen-bond acceptors (Lipinski definition) is 4. The van der Waals surface area contributed by atoms with Gasteiger partial charge in [0, 0.05) is 5.92 Å². The first-order valence-electron chi connectivity index (χ1n) is 8.12. The van der Waals surface area contributed by atoms with Crippen molar-refractivity contribution in [2.45, 2.75) is 49.5 Å². The molecular formula is C17H21FO4S. The quantitative estimate of drug-likeness (QED) is 0.790. The van der Waals surface area contributed by atoms with Crippen LogP contribution in [0.3, 0.4) is 0 Å². The molecular weight excluding hydrogens is 319 g/mol. The minimum Gasteiger partial charge on any atom is -0.493 e. The Balaban J connectivity index is 1.89. The van der Waals surface area contributed by atoms with E-state index in [9.17, 15) is 17.6 Å². The summed E-state index contributed by atoms with van der Waals surface area (Å²) in [7, 11) is -3.10. The van der Waals surface area contributed by atoms with Crippen LogP contribution in [0.4, 0.5) is 4.39 Å². The SMILES string of the molecule is CCOc1ccc(F)cc1C(=O)C1CC2CCCC(C1)S2(=O)=O. The Morgan fingerprint density at radius 2 is 1.91 bits per heavy atom. The summed E-state index contributed by atoms with van der Waals surface area (Å²) >= 11 is 0. The Bertz CT molecular complexity index is 693. The van der Waals surface area contributed by atoms with E-state index < -0.39 is 26.2 Å². The number of benzene rings is 1. The van der Waals surface area contributed by atoms with Crippen LogP contribution < -0.4 is 4.74 Å². The van der Waals surface area contributed by atoms with Gasteiger partial charge in [0.15, 0.2) is 15.6 Å². The molecule has 23 heavy (non-hydrogen) atoms. The Kier molecular flexibility index (Phi) is 4.45. The van der Waals surface area contributed by atoms with Crippen LogP contribution in [0.15, 0.2) is 18.2 Å². The van der Waals surface area contributed by atoms with Crippen LogP contribution in [-0.4, -0.2) is 31.3 Å². The summed E-state index contributed by atoms with van der Waals surface area (Å²) in [6, 6.07) is 3.93. The average Bonchev–Trinajstić information content (AvgIpc) is 2.47. The fourth-order valence-electron chi connectivity index (χ4n) is 3.82. The smallest absolute Gasteiger partial charge is 0.169 e. The first-order chi connectivity index (χ1) is 10.9. The minimum absolute atomic E-state index is 0.195. The van der Waals surface area contributed by atoms with Gasteiger partial charge in [-0.1, -0.05) is 6.42 Å². The summed E-state index contributed by atoms with van der Waals surface area (Å²) in [5.74, 6) is -0.674. The second-order valence-corrected chi connectivity index (χ2v) is 8.88. The van der Waals surface area contributed by atoms with Crippen molar-refractivity contribution in [3.8, 4) is 5.75 Å². The standard InChI is InChI=1S/C17H21FO4S/c1-2-22-16-7-6-12(18)10-15(16)17(19)11-8-13-4-3-5-14(9-11)23(13,20)21/h6-7,10-11,13-14H,2-5,8-9H2,1H3. The third-order valence-electron chi connectivity index (χ3n) is 4.95. The van der Waals surface area contributed by atoms with Crippen LogP contribution in [0.25, 0.3) is 0 Å². The molecule has 2 bridgehead atoms. The predicted molar refractivity (Wildman–Crippen MR) is 85.0 cm³/mol. The molecule has 0 N–H and O–H groups in total. The lowest BCUT2D eigenvalue weighted by Crippen LogP contribution is -2.45. The van der Waals surface area contributed by atoms with E-state index in [1.54, 1.807) is 6.92 Å². The van der Waals surface area contributed by atoms with E-state index in [-0.39, 0.29) is 17.3 Å². The summed E-state index contributed by atoms with van der Waals surface area (Å²) in [6.45, 7) is 2.19. The molecule has 3 rings (SSSR count). The van der Waals surface area contributed by atoms with Gasteiger partial charge in [0.2, 0.25) is 0 Å². The van der Waals surface area contributed by atoms with E-state index in [4.69, 9.17) is 4.74 Å². The zero-order chi connectivity index (χ0) is 16.6. The number of hydrogen-bond donors (Lipinski definition) is 0. The van der Waals surface area contributed by atoms with Crippen molar-refractivity contribution >= 4 is 15.6 Å². The number of carbonyl (C=O) groups excluding carboxylic acids is 1. The highest BCUT2D eigenvalue weighted by atomic mass is 32.2. The lowest BCUT2D eigenvalue weighted by atomic mass is 9.84. The first kappa shape index (κ1) is 16.4. The normalized spacial score (nSPS) is 29.0. The molecule has 4 nitrogen and oxygen atoms in total. The molecule has 2 atom stereocenters. The van der Waals surface area contributed by atoms with E-state index in [1.807, 2.05) is 0 Å². The fourth-order valence-corrected chi connectivity index (χ4v) is 6.35. The van der Waals surface area contributed by atoms with Crippen LogP contribution in [-0.2, 0) is 9.84 Å². The maximum absolute atomic E-state index is 13.6. The van der Waals surface area contributed by atoms with Crippen molar-refractivity contribution in [3.05, 3.63) is 29.6 Å². The molecule has 2 fully saturated rings. The monoisotopic (exact) mass is 340 g/mol. The van der Waals surface area contributed by atoms with Gasteiger partial charge in [-0.05, 0) is 50.8 Å². The molecule has 0 saturated carbocycles. The summed E-state index contributed by atoms with van der Waals surface area (Å²) in [6.07, 6.45) is 2.85. The van der Waals surface area contributed by atoms with Gasteiger partial charge in [0.25, 0.3) is 0 Å². The molecule has 2 saturated heterocycles. The van der Waals surface area contributed by atoms with Gasteiger partial charge in [-0.15, -0.1) is 0 Å². The highest BCUT2D eigenvalue weighted by Gasteiger charge is 2.46. The average molecular weight is 340 g/mol. The maximum Gasteiger partial charge on any atom is 0.169 e. The lowest BCUT2D eigenvalue weighted by Gasteiger charge is -2.38. The number of rotatable bonds is 4. The third kappa shape index (κ3) is 3.01. The Hall–Kier alpha value is -1.43. The summed E-state index contributed by atoms with van der Waals surface area (Å²) < 4.78 is 43.7. The number of carbonyl (C=O) groups is 1. The maximum atomic E-state index is 13.6. The highest BCUT2D eigenvalue weighted by molar-refractivity contribution is 7.92. The summed E-state index contributed by atoms with van der Waals surface area (Å²) in [4.78, 5) is 12.8. The zero-order valence-corrected chi connectivity index (χ0v) is 13.9. The van der Waals surface area contributed by atoms with Crippen molar-refractivity contribution in [2.24, 2.45) is 5.92 Å². The summed E-state index contributed by atoms with van der Waals surface area (Å²) in [5.41, 5.74) is 0.231. The topological polar surface area (TPSA) is 60.4 Å². The van der Waals surface area contributed by atoms with Gasteiger partial charge < -0.3 is 4.74 Å². The van der Waals surface area contributed by atoms with Crippen LogP contribution >= 0.6 is 0 Å². The second kappa shape index (κ2) is 6.23. The van der Waals surface area contributed by atoms with Gasteiger partial charge >= 0.3 is 0 Å². The van der Waals surface area contributed by atoms with Crippen LogP contribution in [0.1, 0.15) is 49.4 Å². The van der Waals surface area contributed by atoms with Gasteiger partial charge in [-0.25, -0.2) is 12.8 Å². The van der Waals surface area contributed by atoms with Crippen molar-refractivity contribution in [3.63, 3.8) is 0 Å². The van der Waals surface area contributed by atoms with Gasteiger partial charge in [0.1, 0.15) is 11.6 Å². The fraction of sp³-hybridized carbons (Fsp3) is 0.588. The molecule has 126 valence electrons. The molecule has 2 aliphatic rings. The summed E-state index contributed by atoms with van der Waals surface area (Å²) in [5, 5.41) is -0.846. The molecule has 2 unspecified atom stereocenters. The van der Waals surface area contributed by atoms with E-state index in [1.165, 1.54) is 18.2 Å². The van der Waals surface area contributed by atoms with E-state index in [0.29, 0.717) is 38.0 Å². The largest absolute Gasteiger partial charge is 0.493 e. The van der Waals surface area contributed by atoms with Gasteiger partial charge in [-0.2, -0.15) is 0 Å². The van der Waals surface area contributed by atoms with Crippen LogP contribution in [0.5, 0.6) is 5.75 Å². The molecule has 0 amide bonds. The molecule has 0 aliphatic carbocycles. The molecule has 1 aromatic rings. The Morgan fingerprint density at radius 1 is 1.26 bits per heavy atom. The number of halogens is 1. The number of sulfone groups is 1. The van der Waals surface area contributed by atoms with Crippen molar-refractivity contribution in [1.82, 2.24) is 0 Å². The number of ketones is 1. The zero-order valence-electron chi connectivity index (χ0n) is 13.1. The molecule has 2 aliphatic heterocycles. The Labute approximate surface area is 136 Å². The van der Waals surface area contributed by atoms with Gasteiger partial charge in [-0.3, -0.25) is 4.79 Å². The lowest BCUT2D eigenvalue weighted by molar-refractivity contribution is 0.0889. The molecule has 1 aromatic carbocycles. The molecule has 0 aromatic heterocycles. The van der Waals surface area contributed by atoms with Crippen molar-refractivity contribution in [2.75, 3.05) is 6.61 Å². The third-order valence-corrected chi connectivity index (χ3v) is 7.67. The molecule has 6 heteroatoms. The first-order valence-corrected chi connectivity index (χ1v) is 9.73. The highest BCUT2D eigenvalue weighted by Crippen LogP contribution is 2.41.